The van der Waals surface area contributed by atoms with E-state index >= 15 is 0 Å². The van der Waals surface area contributed by atoms with Crippen molar-refractivity contribution in [1.29, 1.82) is 0 Å². The summed E-state index contributed by atoms with van der Waals surface area (Å²) in [7, 11) is 0. The lowest BCUT2D eigenvalue weighted by atomic mass is 9.88. The number of aliphatic hydroxyl groups excluding tert-OH is 2. The molecule has 0 amide bonds. The first kappa shape index (κ1) is 20.2. The van der Waals surface area contributed by atoms with Crippen molar-refractivity contribution in [3.05, 3.63) is 23.8 Å². The summed E-state index contributed by atoms with van der Waals surface area (Å²) in [5.41, 5.74) is 1.43. The molecule has 5 atom stereocenters. The molecular formula is C21H34O4. The van der Waals surface area contributed by atoms with Gasteiger partial charge < -0.3 is 15.3 Å². The minimum atomic E-state index is -0.719. The number of carboxylic acid groups (broad SMARTS) is 1. The third kappa shape index (κ3) is 6.27. The van der Waals surface area contributed by atoms with E-state index < -0.39 is 12.1 Å². The van der Waals surface area contributed by atoms with Gasteiger partial charge in [-0.2, -0.15) is 0 Å². The number of hydrogen-bond acceptors (Lipinski definition) is 3. The van der Waals surface area contributed by atoms with Crippen LogP contribution in [0.1, 0.15) is 71.1 Å². The Labute approximate surface area is 151 Å². The average molecular weight is 350 g/mol. The fourth-order valence-electron chi connectivity index (χ4n) is 4.38. The van der Waals surface area contributed by atoms with Crippen LogP contribution in [0.3, 0.4) is 0 Å². The summed E-state index contributed by atoms with van der Waals surface area (Å²) in [4.78, 5) is 10.6. The smallest absolute Gasteiger partial charge is 0.303 e. The van der Waals surface area contributed by atoms with Crippen molar-refractivity contribution in [3.63, 3.8) is 0 Å². The zero-order chi connectivity index (χ0) is 18.2. The molecule has 0 saturated heterocycles. The minimum Gasteiger partial charge on any atom is -0.481 e. The van der Waals surface area contributed by atoms with Crippen LogP contribution in [0.5, 0.6) is 0 Å². The van der Waals surface area contributed by atoms with E-state index in [1.807, 2.05) is 12.2 Å². The van der Waals surface area contributed by atoms with Gasteiger partial charge in [0.05, 0.1) is 12.2 Å². The molecule has 4 heteroatoms. The van der Waals surface area contributed by atoms with Gasteiger partial charge in [0.1, 0.15) is 0 Å². The Morgan fingerprint density at radius 3 is 2.84 bits per heavy atom. The molecule has 0 heterocycles. The van der Waals surface area contributed by atoms with E-state index in [0.717, 1.165) is 57.8 Å². The summed E-state index contributed by atoms with van der Waals surface area (Å²) in [6, 6.07) is 0. The Kier molecular flexibility index (Phi) is 8.17. The van der Waals surface area contributed by atoms with Crippen molar-refractivity contribution < 1.29 is 20.1 Å². The molecule has 0 radical (unpaired) electrons. The number of allylic oxidation sites excluding steroid dienone is 2. The normalized spacial score (nSPS) is 29.8. The monoisotopic (exact) mass is 350 g/mol. The second kappa shape index (κ2) is 10.1. The van der Waals surface area contributed by atoms with Crippen molar-refractivity contribution in [3.8, 4) is 0 Å². The highest BCUT2D eigenvalue weighted by molar-refractivity contribution is 5.66. The predicted molar refractivity (Wildman–Crippen MR) is 99.2 cm³/mol. The third-order valence-electron chi connectivity index (χ3n) is 5.75. The highest BCUT2D eigenvalue weighted by Gasteiger charge is 2.43. The van der Waals surface area contributed by atoms with E-state index in [1.165, 1.54) is 5.57 Å². The molecule has 4 nitrogen and oxygen atoms in total. The zero-order valence-electron chi connectivity index (χ0n) is 15.4. The number of unbranched alkanes of at least 4 members (excludes halogenated alkanes) is 3. The largest absolute Gasteiger partial charge is 0.481 e. The first-order valence-corrected chi connectivity index (χ1v) is 9.97. The van der Waals surface area contributed by atoms with Gasteiger partial charge in [-0.1, -0.05) is 50.0 Å². The number of aliphatic carboxylic acids is 1. The quantitative estimate of drug-likeness (QED) is 0.388. The Morgan fingerprint density at radius 2 is 2.12 bits per heavy atom. The highest BCUT2D eigenvalue weighted by atomic mass is 16.4. The van der Waals surface area contributed by atoms with Crippen LogP contribution < -0.4 is 0 Å². The van der Waals surface area contributed by atoms with Crippen LogP contribution in [0.25, 0.3) is 0 Å². The van der Waals surface area contributed by atoms with Crippen molar-refractivity contribution in [2.45, 2.75) is 83.3 Å². The summed E-state index contributed by atoms with van der Waals surface area (Å²) in [6.07, 6.45) is 14.4. The molecule has 0 aliphatic heterocycles. The molecule has 2 aliphatic carbocycles. The van der Waals surface area contributed by atoms with Crippen molar-refractivity contribution in [1.82, 2.24) is 0 Å². The van der Waals surface area contributed by atoms with Gasteiger partial charge in [0.25, 0.3) is 0 Å². The van der Waals surface area contributed by atoms with Gasteiger partial charge in [-0.05, 0) is 50.4 Å². The van der Waals surface area contributed by atoms with Crippen LogP contribution in [-0.2, 0) is 4.79 Å². The van der Waals surface area contributed by atoms with Crippen LogP contribution in [0, 0.1) is 17.8 Å². The van der Waals surface area contributed by atoms with Crippen LogP contribution >= 0.6 is 0 Å². The molecule has 0 aromatic carbocycles. The molecule has 0 aromatic rings. The second-order valence-electron chi connectivity index (χ2n) is 7.79. The van der Waals surface area contributed by atoms with E-state index in [0.29, 0.717) is 11.8 Å². The Morgan fingerprint density at radius 1 is 1.32 bits per heavy atom. The summed E-state index contributed by atoms with van der Waals surface area (Å²) in [5.74, 6) is 0.307. The number of hydrogen-bond donors (Lipinski definition) is 3. The number of carboxylic acids is 1. The lowest BCUT2D eigenvalue weighted by Gasteiger charge is -2.19. The van der Waals surface area contributed by atoms with Crippen LogP contribution in [0.15, 0.2) is 23.8 Å². The van der Waals surface area contributed by atoms with E-state index in [2.05, 4.69) is 13.0 Å². The highest BCUT2D eigenvalue weighted by Crippen LogP contribution is 2.48. The van der Waals surface area contributed by atoms with Crippen molar-refractivity contribution >= 4 is 5.97 Å². The van der Waals surface area contributed by atoms with Gasteiger partial charge in [0.2, 0.25) is 0 Å². The lowest BCUT2D eigenvalue weighted by molar-refractivity contribution is -0.137. The van der Waals surface area contributed by atoms with E-state index in [4.69, 9.17) is 5.11 Å². The maximum atomic E-state index is 10.6. The molecule has 25 heavy (non-hydrogen) atoms. The first-order valence-electron chi connectivity index (χ1n) is 9.97. The van der Waals surface area contributed by atoms with Gasteiger partial charge >= 0.3 is 5.97 Å². The standard InChI is InChI=1S/C21H34O4/c1-2-3-4-8-17(22)10-11-18-19-13-15(7-5-6-9-21(24)25)12-16(19)14-20(18)23/h10-12,16-20,22-23H,2-9,13-14H2,1H3,(H,24,25)/b11-10+/t16-,17+,18+,19-,20+/m0/s1. The Balaban J connectivity index is 1.78. The van der Waals surface area contributed by atoms with Crippen LogP contribution in [0.2, 0.25) is 0 Å². The van der Waals surface area contributed by atoms with Crippen molar-refractivity contribution in [2.24, 2.45) is 17.8 Å². The van der Waals surface area contributed by atoms with Gasteiger partial charge in [-0.3, -0.25) is 4.79 Å². The van der Waals surface area contributed by atoms with Crippen LogP contribution in [0.4, 0.5) is 0 Å². The van der Waals surface area contributed by atoms with Gasteiger partial charge in [-0.25, -0.2) is 0 Å². The fraction of sp³-hybridized carbons (Fsp3) is 0.762. The average Bonchev–Trinajstić information content (AvgIpc) is 3.06. The molecule has 1 fully saturated rings. The topological polar surface area (TPSA) is 77.8 Å². The fourth-order valence-corrected chi connectivity index (χ4v) is 4.38. The number of aliphatic hydroxyl groups is 2. The molecule has 3 N–H and O–H groups in total. The summed E-state index contributed by atoms with van der Waals surface area (Å²) in [5, 5.41) is 29.1. The molecule has 2 aliphatic rings. The van der Waals surface area contributed by atoms with E-state index in [-0.39, 0.29) is 18.4 Å². The summed E-state index contributed by atoms with van der Waals surface area (Å²) < 4.78 is 0. The van der Waals surface area contributed by atoms with Crippen LogP contribution in [-0.4, -0.2) is 33.5 Å². The Bertz CT molecular complexity index is 482. The second-order valence-corrected chi connectivity index (χ2v) is 7.79. The van der Waals surface area contributed by atoms with E-state index in [9.17, 15) is 15.0 Å². The maximum Gasteiger partial charge on any atom is 0.303 e. The molecule has 0 bridgehead atoms. The molecule has 142 valence electrons. The van der Waals surface area contributed by atoms with Gasteiger partial charge in [-0.15, -0.1) is 0 Å². The third-order valence-corrected chi connectivity index (χ3v) is 5.75. The number of carbonyl (C=O) groups is 1. The molecule has 0 unspecified atom stereocenters. The molecule has 1 saturated carbocycles. The van der Waals surface area contributed by atoms with Gasteiger partial charge in [0, 0.05) is 12.3 Å². The predicted octanol–water partition coefficient (Wildman–Crippen LogP) is 4.07. The molecular weight excluding hydrogens is 316 g/mol. The van der Waals surface area contributed by atoms with E-state index in [1.54, 1.807) is 0 Å². The minimum absolute atomic E-state index is 0.138. The number of fused-ring (bicyclic) bond motifs is 1. The molecule has 0 aromatic heterocycles. The zero-order valence-corrected chi connectivity index (χ0v) is 15.4. The summed E-state index contributed by atoms with van der Waals surface area (Å²) >= 11 is 0. The first-order chi connectivity index (χ1) is 12.0. The summed E-state index contributed by atoms with van der Waals surface area (Å²) in [6.45, 7) is 2.16. The lowest BCUT2D eigenvalue weighted by Crippen LogP contribution is -2.18. The molecule has 0 spiro atoms. The maximum absolute atomic E-state index is 10.6. The molecule has 2 rings (SSSR count). The number of rotatable bonds is 11. The Hall–Kier alpha value is -1.13. The van der Waals surface area contributed by atoms with Crippen molar-refractivity contribution in [2.75, 3.05) is 0 Å². The SMILES string of the molecule is CCCCC[C@@H](O)/C=C/[C@@H]1[C@H]2CC(CCCCC(=O)O)=C[C@H]2C[C@H]1O. The van der Waals surface area contributed by atoms with Gasteiger partial charge in [0.15, 0.2) is 0 Å².